The molecule has 0 aliphatic carbocycles. The summed E-state index contributed by atoms with van der Waals surface area (Å²) in [6.45, 7) is 2.47. The van der Waals surface area contributed by atoms with Gasteiger partial charge in [0.2, 0.25) is 5.91 Å². The number of rotatable bonds is 4. The van der Waals surface area contributed by atoms with Crippen LogP contribution < -0.4 is 4.90 Å². The molecule has 1 amide bonds. The summed E-state index contributed by atoms with van der Waals surface area (Å²) >= 11 is 0. The van der Waals surface area contributed by atoms with E-state index in [0.717, 1.165) is 17.0 Å². The molecule has 0 spiro atoms. The number of aliphatic carboxylic acids is 1. The van der Waals surface area contributed by atoms with E-state index in [1.165, 1.54) is 0 Å². The van der Waals surface area contributed by atoms with Crippen LogP contribution in [0.5, 0.6) is 0 Å². The Morgan fingerprint density at radius 2 is 1.94 bits per heavy atom. The minimum Gasteiger partial charge on any atom is -0.480 e. The minimum absolute atomic E-state index is 0.238. The molecule has 0 unspecified atom stereocenters. The van der Waals surface area contributed by atoms with Gasteiger partial charge in [-0.1, -0.05) is 13.8 Å². The van der Waals surface area contributed by atoms with Crippen LogP contribution in [-0.2, 0) is 9.59 Å². The van der Waals surface area contributed by atoms with Gasteiger partial charge in [0.1, 0.15) is 18.2 Å². The number of halogens is 2. The smallest absolute Gasteiger partial charge is 0.323 e. The lowest BCUT2D eigenvalue weighted by Gasteiger charge is -2.23. The van der Waals surface area contributed by atoms with E-state index in [9.17, 15) is 18.4 Å². The highest BCUT2D eigenvalue weighted by Gasteiger charge is 2.24. The number of carbonyl (C=O) groups excluding carboxylic acids is 1. The van der Waals surface area contributed by atoms with Gasteiger partial charge in [0.25, 0.3) is 0 Å². The van der Waals surface area contributed by atoms with Gasteiger partial charge in [0.05, 0.1) is 5.69 Å². The van der Waals surface area contributed by atoms with E-state index in [2.05, 4.69) is 0 Å². The molecular formula is C12H13F2NO3. The van der Waals surface area contributed by atoms with Crippen LogP contribution >= 0.6 is 0 Å². The van der Waals surface area contributed by atoms with Gasteiger partial charge in [-0.15, -0.1) is 0 Å². The standard InChI is InChI=1S/C12H13F2NO3/c1-7(2)12(18)15(6-11(16)17)10-4-3-8(13)5-9(10)14/h3-5,7H,6H2,1-2H3,(H,16,17). The van der Waals surface area contributed by atoms with Crippen molar-refractivity contribution >= 4 is 17.6 Å². The molecule has 0 bridgehead atoms. The molecular weight excluding hydrogens is 244 g/mol. The van der Waals surface area contributed by atoms with Crippen molar-refractivity contribution in [2.45, 2.75) is 13.8 Å². The van der Waals surface area contributed by atoms with Crippen LogP contribution in [0.2, 0.25) is 0 Å². The van der Waals surface area contributed by atoms with Gasteiger partial charge in [0.15, 0.2) is 0 Å². The molecule has 0 aliphatic heterocycles. The predicted octanol–water partition coefficient (Wildman–Crippen LogP) is 2.04. The number of amides is 1. The fourth-order valence-corrected chi connectivity index (χ4v) is 1.43. The molecule has 0 saturated heterocycles. The largest absolute Gasteiger partial charge is 0.480 e. The van der Waals surface area contributed by atoms with Crippen molar-refractivity contribution in [3.05, 3.63) is 29.8 Å². The van der Waals surface area contributed by atoms with Gasteiger partial charge in [-0.25, -0.2) is 8.78 Å². The van der Waals surface area contributed by atoms with Crippen molar-refractivity contribution in [3.63, 3.8) is 0 Å². The van der Waals surface area contributed by atoms with E-state index in [0.29, 0.717) is 6.07 Å². The number of carboxylic acids is 1. The summed E-state index contributed by atoms with van der Waals surface area (Å²) in [6.07, 6.45) is 0. The molecule has 0 atom stereocenters. The summed E-state index contributed by atoms with van der Waals surface area (Å²) in [7, 11) is 0. The van der Waals surface area contributed by atoms with Crippen LogP contribution in [0.3, 0.4) is 0 Å². The number of carbonyl (C=O) groups is 2. The van der Waals surface area contributed by atoms with Crippen molar-refractivity contribution in [2.24, 2.45) is 5.92 Å². The molecule has 98 valence electrons. The first-order valence-corrected chi connectivity index (χ1v) is 5.31. The van der Waals surface area contributed by atoms with E-state index in [1.54, 1.807) is 13.8 Å². The number of hydrogen-bond acceptors (Lipinski definition) is 2. The molecule has 1 aromatic rings. The van der Waals surface area contributed by atoms with Gasteiger partial charge in [0, 0.05) is 12.0 Å². The van der Waals surface area contributed by atoms with Crippen molar-refractivity contribution in [1.29, 1.82) is 0 Å². The van der Waals surface area contributed by atoms with E-state index in [4.69, 9.17) is 5.11 Å². The Kier molecular flexibility index (Phi) is 4.36. The molecule has 4 nitrogen and oxygen atoms in total. The van der Waals surface area contributed by atoms with Crippen molar-refractivity contribution < 1.29 is 23.5 Å². The highest BCUT2D eigenvalue weighted by Crippen LogP contribution is 2.21. The number of nitrogens with zero attached hydrogens (tertiary/aromatic N) is 1. The molecule has 1 rings (SSSR count). The monoisotopic (exact) mass is 257 g/mol. The number of carboxylic acid groups (broad SMARTS) is 1. The first-order chi connectivity index (χ1) is 8.32. The van der Waals surface area contributed by atoms with E-state index in [-0.39, 0.29) is 5.69 Å². The fourth-order valence-electron chi connectivity index (χ4n) is 1.43. The van der Waals surface area contributed by atoms with Crippen LogP contribution in [0.25, 0.3) is 0 Å². The lowest BCUT2D eigenvalue weighted by Crippen LogP contribution is -2.38. The van der Waals surface area contributed by atoms with Crippen LogP contribution in [0.15, 0.2) is 18.2 Å². The van der Waals surface area contributed by atoms with Gasteiger partial charge in [-0.2, -0.15) is 0 Å². The molecule has 0 aliphatic rings. The SMILES string of the molecule is CC(C)C(=O)N(CC(=O)O)c1ccc(F)cc1F. The molecule has 1 N–H and O–H groups in total. The minimum atomic E-state index is -1.27. The third-order valence-electron chi connectivity index (χ3n) is 2.25. The van der Waals surface area contributed by atoms with Crippen LogP contribution in [-0.4, -0.2) is 23.5 Å². The molecule has 18 heavy (non-hydrogen) atoms. The predicted molar refractivity (Wildman–Crippen MR) is 61.2 cm³/mol. The third kappa shape index (κ3) is 3.26. The zero-order valence-corrected chi connectivity index (χ0v) is 9.98. The number of hydrogen-bond donors (Lipinski definition) is 1. The maximum atomic E-state index is 13.5. The second-order valence-corrected chi connectivity index (χ2v) is 4.07. The van der Waals surface area contributed by atoms with E-state index in [1.807, 2.05) is 0 Å². The lowest BCUT2D eigenvalue weighted by atomic mass is 10.1. The van der Waals surface area contributed by atoms with Gasteiger partial charge in [-0.3, -0.25) is 14.5 Å². The maximum absolute atomic E-state index is 13.5. The second-order valence-electron chi connectivity index (χ2n) is 4.07. The summed E-state index contributed by atoms with van der Waals surface area (Å²) in [4.78, 5) is 23.3. The normalized spacial score (nSPS) is 10.5. The summed E-state index contributed by atoms with van der Waals surface area (Å²) in [5, 5.41) is 8.73. The summed E-state index contributed by atoms with van der Waals surface area (Å²) < 4.78 is 26.3. The van der Waals surface area contributed by atoms with Gasteiger partial charge in [-0.05, 0) is 12.1 Å². The highest BCUT2D eigenvalue weighted by molar-refractivity contribution is 5.98. The van der Waals surface area contributed by atoms with Crippen LogP contribution in [0, 0.1) is 17.6 Å². The van der Waals surface area contributed by atoms with Crippen molar-refractivity contribution in [2.75, 3.05) is 11.4 Å². The molecule has 0 heterocycles. The Morgan fingerprint density at radius 1 is 1.33 bits per heavy atom. The Bertz CT molecular complexity index is 474. The quantitative estimate of drug-likeness (QED) is 0.898. The Hall–Kier alpha value is -1.98. The summed E-state index contributed by atoms with van der Waals surface area (Å²) in [5.74, 6) is -4.06. The molecule has 0 radical (unpaired) electrons. The number of anilines is 1. The van der Waals surface area contributed by atoms with Crippen molar-refractivity contribution in [3.8, 4) is 0 Å². The van der Waals surface area contributed by atoms with Crippen LogP contribution in [0.1, 0.15) is 13.8 Å². The van der Waals surface area contributed by atoms with E-state index < -0.39 is 36.0 Å². The Balaban J connectivity index is 3.17. The third-order valence-corrected chi connectivity index (χ3v) is 2.25. The van der Waals surface area contributed by atoms with Crippen molar-refractivity contribution in [1.82, 2.24) is 0 Å². The number of benzene rings is 1. The summed E-state index contributed by atoms with van der Waals surface area (Å²) in [6, 6.07) is 2.63. The average molecular weight is 257 g/mol. The molecule has 0 fully saturated rings. The zero-order chi connectivity index (χ0) is 13.9. The zero-order valence-electron chi connectivity index (χ0n) is 9.98. The van der Waals surface area contributed by atoms with Gasteiger partial charge < -0.3 is 5.11 Å². The van der Waals surface area contributed by atoms with Gasteiger partial charge >= 0.3 is 5.97 Å². The lowest BCUT2D eigenvalue weighted by molar-refractivity contribution is -0.137. The fraction of sp³-hybridized carbons (Fsp3) is 0.333. The Labute approximate surface area is 103 Å². The second kappa shape index (κ2) is 5.57. The Morgan fingerprint density at radius 3 is 2.39 bits per heavy atom. The average Bonchev–Trinajstić information content (AvgIpc) is 2.25. The maximum Gasteiger partial charge on any atom is 0.323 e. The first-order valence-electron chi connectivity index (χ1n) is 5.31. The molecule has 6 heteroatoms. The first kappa shape index (κ1) is 14.1. The van der Waals surface area contributed by atoms with Crippen LogP contribution in [0.4, 0.5) is 14.5 Å². The topological polar surface area (TPSA) is 57.6 Å². The molecule has 0 saturated carbocycles. The highest BCUT2D eigenvalue weighted by atomic mass is 19.1. The molecule has 0 aromatic heterocycles. The van der Waals surface area contributed by atoms with E-state index >= 15 is 0 Å². The summed E-state index contributed by atoms with van der Waals surface area (Å²) in [5.41, 5.74) is -0.238. The molecule has 1 aromatic carbocycles.